The van der Waals surface area contributed by atoms with Crippen molar-refractivity contribution in [3.05, 3.63) is 17.5 Å². The molecule has 2 heterocycles. The lowest BCUT2D eigenvalue weighted by Gasteiger charge is -2.31. The lowest BCUT2D eigenvalue weighted by Crippen LogP contribution is -2.34. The number of piperidine rings is 1. The van der Waals surface area contributed by atoms with Gasteiger partial charge in [0.2, 0.25) is 0 Å². The molecule has 1 aromatic heterocycles. The summed E-state index contributed by atoms with van der Waals surface area (Å²) < 4.78 is 0. The third kappa shape index (κ3) is 3.30. The van der Waals surface area contributed by atoms with Gasteiger partial charge in [-0.05, 0) is 18.8 Å². The summed E-state index contributed by atoms with van der Waals surface area (Å²) in [5.41, 5.74) is 0. The highest BCUT2D eigenvalue weighted by molar-refractivity contribution is 6.29. The Morgan fingerprint density at radius 2 is 2.18 bits per heavy atom. The van der Waals surface area contributed by atoms with Crippen molar-refractivity contribution in [2.24, 2.45) is 5.92 Å². The maximum Gasteiger partial charge on any atom is 0.303 e. The molecule has 0 spiro atoms. The second-order valence-corrected chi connectivity index (χ2v) is 4.62. The van der Waals surface area contributed by atoms with Crippen LogP contribution >= 0.6 is 11.6 Å². The van der Waals surface area contributed by atoms with E-state index < -0.39 is 5.97 Å². The SMILES string of the molecule is O=C(O)CC1CCN(c2cncc(Cl)n2)CC1. The molecule has 1 aliphatic heterocycles. The molecule has 0 bridgehead atoms. The van der Waals surface area contributed by atoms with E-state index in [0.717, 1.165) is 31.7 Å². The molecule has 0 radical (unpaired) electrons. The van der Waals surface area contributed by atoms with Crippen LogP contribution in [-0.2, 0) is 4.79 Å². The number of nitrogens with zero attached hydrogens (tertiary/aromatic N) is 3. The van der Waals surface area contributed by atoms with Gasteiger partial charge in [-0.1, -0.05) is 11.6 Å². The molecular formula is C11H14ClN3O2. The second kappa shape index (κ2) is 5.31. The summed E-state index contributed by atoms with van der Waals surface area (Å²) in [6.07, 6.45) is 5.20. The summed E-state index contributed by atoms with van der Waals surface area (Å²) in [7, 11) is 0. The molecule has 0 aromatic carbocycles. The maximum absolute atomic E-state index is 10.6. The number of carbonyl (C=O) groups is 1. The van der Waals surface area contributed by atoms with Gasteiger partial charge in [0.05, 0.1) is 12.4 Å². The van der Waals surface area contributed by atoms with Gasteiger partial charge in [0.25, 0.3) is 0 Å². The molecule has 6 heteroatoms. The normalized spacial score (nSPS) is 17.1. The number of aliphatic carboxylic acids is 1. The molecule has 0 atom stereocenters. The Balaban J connectivity index is 1.93. The summed E-state index contributed by atoms with van der Waals surface area (Å²) in [5.74, 6) is 0.327. The molecule has 0 aliphatic carbocycles. The van der Waals surface area contributed by atoms with Crippen LogP contribution < -0.4 is 4.90 Å². The van der Waals surface area contributed by atoms with E-state index in [4.69, 9.17) is 16.7 Å². The van der Waals surface area contributed by atoms with E-state index in [0.29, 0.717) is 5.15 Å². The Morgan fingerprint density at radius 1 is 1.47 bits per heavy atom. The topological polar surface area (TPSA) is 66.3 Å². The largest absolute Gasteiger partial charge is 0.481 e. The van der Waals surface area contributed by atoms with E-state index in [2.05, 4.69) is 14.9 Å². The predicted octanol–water partition coefficient (Wildman–Crippen LogP) is 1.82. The van der Waals surface area contributed by atoms with E-state index in [1.54, 1.807) is 6.20 Å². The smallest absolute Gasteiger partial charge is 0.303 e. The van der Waals surface area contributed by atoms with Crippen molar-refractivity contribution in [1.82, 2.24) is 9.97 Å². The molecular weight excluding hydrogens is 242 g/mol. The Kier molecular flexibility index (Phi) is 3.78. The summed E-state index contributed by atoms with van der Waals surface area (Å²) in [6, 6.07) is 0. The average Bonchev–Trinajstić information content (AvgIpc) is 2.29. The van der Waals surface area contributed by atoms with Crippen LogP contribution in [0.3, 0.4) is 0 Å². The lowest BCUT2D eigenvalue weighted by molar-refractivity contribution is -0.138. The second-order valence-electron chi connectivity index (χ2n) is 4.23. The number of anilines is 1. The summed E-state index contributed by atoms with van der Waals surface area (Å²) >= 11 is 5.78. The number of carboxylic acids is 1. The molecule has 1 N–H and O–H groups in total. The minimum absolute atomic E-state index is 0.259. The minimum atomic E-state index is -0.717. The molecule has 2 rings (SSSR count). The molecule has 17 heavy (non-hydrogen) atoms. The Bertz CT molecular complexity index is 405. The van der Waals surface area contributed by atoms with Crippen molar-refractivity contribution in [2.75, 3.05) is 18.0 Å². The predicted molar refractivity (Wildman–Crippen MR) is 64.2 cm³/mol. The van der Waals surface area contributed by atoms with Crippen LogP contribution in [-0.4, -0.2) is 34.1 Å². The fraction of sp³-hybridized carbons (Fsp3) is 0.545. The van der Waals surface area contributed by atoms with Crippen LogP contribution in [0.2, 0.25) is 5.15 Å². The van der Waals surface area contributed by atoms with Crippen LogP contribution in [0.5, 0.6) is 0 Å². The lowest BCUT2D eigenvalue weighted by atomic mass is 9.94. The van der Waals surface area contributed by atoms with E-state index in [1.165, 1.54) is 6.20 Å². The first-order valence-corrected chi connectivity index (χ1v) is 5.97. The van der Waals surface area contributed by atoms with Crippen LogP contribution in [0, 0.1) is 5.92 Å². The fourth-order valence-corrected chi connectivity index (χ4v) is 2.24. The molecule has 1 aliphatic rings. The van der Waals surface area contributed by atoms with Crippen molar-refractivity contribution < 1.29 is 9.90 Å². The van der Waals surface area contributed by atoms with Gasteiger partial charge in [-0.3, -0.25) is 9.78 Å². The number of halogens is 1. The van der Waals surface area contributed by atoms with Gasteiger partial charge in [0, 0.05) is 19.5 Å². The number of aromatic nitrogens is 2. The van der Waals surface area contributed by atoms with Gasteiger partial charge in [-0.25, -0.2) is 4.98 Å². The number of carboxylic acid groups (broad SMARTS) is 1. The molecule has 0 unspecified atom stereocenters. The molecule has 1 fully saturated rings. The van der Waals surface area contributed by atoms with E-state index in [9.17, 15) is 4.79 Å². The molecule has 0 saturated carbocycles. The summed E-state index contributed by atoms with van der Waals surface area (Å²) in [4.78, 5) is 20.9. The van der Waals surface area contributed by atoms with E-state index >= 15 is 0 Å². The molecule has 0 amide bonds. The first kappa shape index (κ1) is 12.1. The van der Waals surface area contributed by atoms with Crippen molar-refractivity contribution in [3.8, 4) is 0 Å². The van der Waals surface area contributed by atoms with Crippen molar-refractivity contribution in [3.63, 3.8) is 0 Å². The van der Waals surface area contributed by atoms with Gasteiger partial charge in [-0.2, -0.15) is 0 Å². The monoisotopic (exact) mass is 255 g/mol. The van der Waals surface area contributed by atoms with E-state index in [-0.39, 0.29) is 12.3 Å². The van der Waals surface area contributed by atoms with Crippen LogP contribution in [0.25, 0.3) is 0 Å². The van der Waals surface area contributed by atoms with Gasteiger partial charge >= 0.3 is 5.97 Å². The van der Waals surface area contributed by atoms with Crippen molar-refractivity contribution in [1.29, 1.82) is 0 Å². The van der Waals surface area contributed by atoms with Gasteiger partial charge < -0.3 is 10.0 Å². The average molecular weight is 256 g/mol. The van der Waals surface area contributed by atoms with Gasteiger partial charge in [0.15, 0.2) is 0 Å². The third-order valence-electron chi connectivity index (χ3n) is 2.99. The molecule has 1 saturated heterocycles. The molecule has 92 valence electrons. The van der Waals surface area contributed by atoms with Gasteiger partial charge in [-0.15, -0.1) is 0 Å². The van der Waals surface area contributed by atoms with Crippen LogP contribution in [0.1, 0.15) is 19.3 Å². The standard InChI is InChI=1S/C11H14ClN3O2/c12-9-6-13-7-10(14-9)15-3-1-8(2-4-15)5-11(16)17/h6-8H,1-5H2,(H,16,17). The van der Waals surface area contributed by atoms with Crippen molar-refractivity contribution >= 4 is 23.4 Å². The fourth-order valence-electron chi connectivity index (χ4n) is 2.10. The first-order chi connectivity index (χ1) is 8.15. The van der Waals surface area contributed by atoms with Crippen LogP contribution in [0.15, 0.2) is 12.4 Å². The number of hydrogen-bond acceptors (Lipinski definition) is 4. The minimum Gasteiger partial charge on any atom is -0.481 e. The quantitative estimate of drug-likeness (QED) is 0.892. The number of hydrogen-bond donors (Lipinski definition) is 1. The van der Waals surface area contributed by atoms with Crippen molar-refractivity contribution in [2.45, 2.75) is 19.3 Å². The Hall–Kier alpha value is -1.36. The zero-order chi connectivity index (χ0) is 12.3. The zero-order valence-electron chi connectivity index (χ0n) is 9.34. The number of rotatable bonds is 3. The zero-order valence-corrected chi connectivity index (χ0v) is 10.1. The highest BCUT2D eigenvalue weighted by Gasteiger charge is 2.22. The first-order valence-electron chi connectivity index (χ1n) is 5.59. The Labute approximate surface area is 104 Å². The Morgan fingerprint density at radius 3 is 2.76 bits per heavy atom. The van der Waals surface area contributed by atoms with E-state index in [1.807, 2.05) is 0 Å². The highest BCUT2D eigenvalue weighted by atomic mass is 35.5. The molecule has 5 nitrogen and oxygen atoms in total. The van der Waals surface area contributed by atoms with Crippen LogP contribution in [0.4, 0.5) is 5.82 Å². The third-order valence-corrected chi connectivity index (χ3v) is 3.18. The van der Waals surface area contributed by atoms with Gasteiger partial charge in [0.1, 0.15) is 11.0 Å². The molecule has 1 aromatic rings. The highest BCUT2D eigenvalue weighted by Crippen LogP contribution is 2.24. The maximum atomic E-state index is 10.6. The summed E-state index contributed by atoms with van der Waals surface area (Å²) in [5, 5.41) is 9.12. The summed E-state index contributed by atoms with van der Waals surface area (Å²) in [6.45, 7) is 1.62.